The number of nitrogens with two attached hydrogens (primary N) is 1. The number of sulfonamides is 1. The molecule has 3 N–H and O–H groups in total. The fraction of sp³-hybridized carbons (Fsp3) is 0.298. The van der Waals surface area contributed by atoms with E-state index in [-0.39, 0.29) is 42.5 Å². The van der Waals surface area contributed by atoms with Gasteiger partial charge in [0.15, 0.2) is 9.84 Å². The Labute approximate surface area is 389 Å². The molecule has 2 aromatic heterocycles. The zero-order valence-electron chi connectivity index (χ0n) is 38.4. The van der Waals surface area contributed by atoms with Gasteiger partial charge in [-0.2, -0.15) is 9.10 Å². The highest BCUT2D eigenvalue weighted by Gasteiger charge is 2.41. The van der Waals surface area contributed by atoms with E-state index in [1.807, 2.05) is 12.1 Å². The summed E-state index contributed by atoms with van der Waals surface area (Å²) in [6.45, 7) is 5.46. The Morgan fingerprint density at radius 1 is 0.776 bits per heavy atom. The van der Waals surface area contributed by atoms with E-state index < -0.39 is 53.1 Å². The molecule has 5 aromatic carbocycles. The van der Waals surface area contributed by atoms with Crippen molar-refractivity contribution < 1.29 is 40.9 Å². The first kappa shape index (κ1) is 47.9. The molecule has 0 unspecified atom stereocenters. The molecule has 0 radical (unpaired) electrons. The van der Waals surface area contributed by atoms with Crippen LogP contribution >= 0.6 is 0 Å². The second-order valence-corrected chi connectivity index (χ2v) is 21.1. The van der Waals surface area contributed by atoms with Crippen molar-refractivity contribution >= 4 is 42.9 Å². The van der Waals surface area contributed by atoms with E-state index in [4.69, 9.17) is 25.0 Å². The van der Waals surface area contributed by atoms with E-state index in [1.54, 1.807) is 118 Å². The minimum absolute atomic E-state index is 0.106. The molecule has 18 nitrogen and oxygen atoms in total. The van der Waals surface area contributed by atoms with Gasteiger partial charge in [-0.15, -0.1) is 10.2 Å². The first-order valence-electron chi connectivity index (χ1n) is 21.1. The number of sulfone groups is 1. The molecule has 0 fully saturated rings. The van der Waals surface area contributed by atoms with Crippen LogP contribution in [0.1, 0.15) is 44.4 Å². The Morgan fingerprint density at radius 3 is 1.82 bits per heavy atom. The predicted molar refractivity (Wildman–Crippen MR) is 253 cm³/mol. The summed E-state index contributed by atoms with van der Waals surface area (Å²) in [6.07, 6.45) is -1.34. The van der Waals surface area contributed by atoms with Crippen LogP contribution in [-0.4, -0.2) is 106 Å². The molecule has 0 saturated carbocycles. The SMILES string of the molecule is COc1ccc(CN(Cc2ccc(OC)cc2)S(=O)(=O)c2c(S(=O)(=O)[C@H](C)CN(C(=O)O)C(C)(C)C)ccc(-c3cccc4c3nc(N)n4C)c2-c2nnn(Cc3ccc(OC)cc3)n2)cc1. The number of amides is 1. The summed E-state index contributed by atoms with van der Waals surface area (Å²) < 4.78 is 82.0. The molecule has 2 heterocycles. The van der Waals surface area contributed by atoms with Gasteiger partial charge >= 0.3 is 6.09 Å². The number of nitrogen functional groups attached to an aromatic ring is 1. The molecule has 0 bridgehead atoms. The number of imidazole rings is 1. The Morgan fingerprint density at radius 2 is 1.31 bits per heavy atom. The van der Waals surface area contributed by atoms with Crippen LogP contribution in [0.2, 0.25) is 0 Å². The van der Waals surface area contributed by atoms with E-state index in [0.29, 0.717) is 45.0 Å². The largest absolute Gasteiger partial charge is 0.497 e. The van der Waals surface area contributed by atoms with Crippen LogP contribution in [-0.2, 0) is 46.5 Å². The van der Waals surface area contributed by atoms with Crippen molar-refractivity contribution in [2.24, 2.45) is 7.05 Å². The summed E-state index contributed by atoms with van der Waals surface area (Å²) in [5.74, 6) is 1.70. The average Bonchev–Trinajstić information content (AvgIpc) is 3.89. The van der Waals surface area contributed by atoms with Crippen LogP contribution in [0.15, 0.2) is 113 Å². The van der Waals surface area contributed by atoms with Crippen LogP contribution < -0.4 is 19.9 Å². The molecule has 67 heavy (non-hydrogen) atoms. The monoisotopic (exact) mass is 951 g/mol. The molecule has 7 rings (SSSR count). The van der Waals surface area contributed by atoms with Gasteiger partial charge in [-0.3, -0.25) is 0 Å². The van der Waals surface area contributed by atoms with Crippen molar-refractivity contribution in [3.8, 4) is 39.8 Å². The molecule has 20 heteroatoms. The van der Waals surface area contributed by atoms with Crippen LogP contribution in [0.4, 0.5) is 10.7 Å². The zero-order valence-corrected chi connectivity index (χ0v) is 40.0. The lowest BCUT2D eigenvalue weighted by atomic mass is 9.98. The van der Waals surface area contributed by atoms with Gasteiger partial charge in [-0.05, 0) is 104 Å². The summed E-state index contributed by atoms with van der Waals surface area (Å²) in [7, 11) is -3.40. The highest BCUT2D eigenvalue weighted by Crippen LogP contribution is 2.44. The number of hydrogen-bond donors (Lipinski definition) is 2. The van der Waals surface area contributed by atoms with Crippen LogP contribution in [0.5, 0.6) is 17.2 Å². The lowest BCUT2D eigenvalue weighted by molar-refractivity contribution is 0.101. The third-order valence-electron chi connectivity index (χ3n) is 11.5. The number of ether oxygens (including phenoxy) is 3. The predicted octanol–water partition coefficient (Wildman–Crippen LogP) is 6.88. The Bertz CT molecular complexity index is 3080. The minimum atomic E-state index is -4.99. The minimum Gasteiger partial charge on any atom is -0.497 e. The van der Waals surface area contributed by atoms with Gasteiger partial charge in [-0.1, -0.05) is 54.6 Å². The maximum Gasteiger partial charge on any atom is 0.407 e. The van der Waals surface area contributed by atoms with E-state index in [2.05, 4.69) is 15.3 Å². The van der Waals surface area contributed by atoms with Crippen LogP contribution in [0.25, 0.3) is 33.5 Å². The zero-order chi connectivity index (χ0) is 48.4. The fourth-order valence-corrected chi connectivity index (χ4v) is 11.4. The first-order valence-corrected chi connectivity index (χ1v) is 24.0. The van der Waals surface area contributed by atoms with Gasteiger partial charge in [0.2, 0.25) is 21.8 Å². The van der Waals surface area contributed by atoms with Gasteiger partial charge < -0.3 is 34.5 Å². The number of para-hydroxylation sites is 1. The third-order valence-corrected chi connectivity index (χ3v) is 15.6. The van der Waals surface area contributed by atoms with E-state index in [1.165, 1.54) is 42.4 Å². The van der Waals surface area contributed by atoms with Crippen molar-refractivity contribution in [3.63, 3.8) is 0 Å². The number of methoxy groups -OCH3 is 3. The second kappa shape index (κ2) is 19.1. The Balaban J connectivity index is 1.55. The van der Waals surface area contributed by atoms with Gasteiger partial charge in [0.05, 0.1) is 54.6 Å². The number of aryl methyl sites for hydroxylation is 1. The summed E-state index contributed by atoms with van der Waals surface area (Å²) >= 11 is 0. The number of rotatable bonds is 17. The number of aromatic nitrogens is 6. The number of hydrogen-bond acceptors (Lipinski definition) is 13. The Kier molecular flexibility index (Phi) is 13.6. The van der Waals surface area contributed by atoms with E-state index >= 15 is 16.8 Å². The molecule has 0 aliphatic rings. The summed E-state index contributed by atoms with van der Waals surface area (Å²) in [5, 5.41) is 22.3. The molecular formula is C47H53N9O9S2. The van der Waals surface area contributed by atoms with E-state index in [9.17, 15) is 9.90 Å². The molecule has 352 valence electrons. The van der Waals surface area contributed by atoms with Crippen molar-refractivity contribution in [3.05, 3.63) is 120 Å². The molecule has 0 saturated heterocycles. The molecule has 1 atom stereocenters. The quantitative estimate of drug-likeness (QED) is 0.0949. The van der Waals surface area contributed by atoms with Gasteiger partial charge in [-0.25, -0.2) is 26.6 Å². The van der Waals surface area contributed by atoms with Crippen LogP contribution in [0, 0.1) is 0 Å². The number of nitrogens with zero attached hydrogens (tertiary/aromatic N) is 8. The van der Waals surface area contributed by atoms with Gasteiger partial charge in [0.1, 0.15) is 22.1 Å². The summed E-state index contributed by atoms with van der Waals surface area (Å²) in [5.41, 5.74) is 8.68. The summed E-state index contributed by atoms with van der Waals surface area (Å²) in [4.78, 5) is 18.3. The number of anilines is 1. The highest BCUT2D eigenvalue weighted by atomic mass is 32.2. The highest BCUT2D eigenvalue weighted by molar-refractivity contribution is 7.94. The molecule has 7 aromatic rings. The first-order chi connectivity index (χ1) is 31.8. The van der Waals surface area contributed by atoms with Gasteiger partial charge in [0.25, 0.3) is 0 Å². The fourth-order valence-electron chi connectivity index (χ4n) is 7.68. The average molecular weight is 952 g/mol. The third kappa shape index (κ3) is 9.91. The van der Waals surface area contributed by atoms with Gasteiger partial charge in [0, 0.05) is 37.8 Å². The second-order valence-electron chi connectivity index (χ2n) is 16.9. The maximum absolute atomic E-state index is 16.2. The standard InChI is InChI=1S/C47H53N9O9S2/c1-30(26-55(46(57)58)47(2,3)4)66(59,60)40-25-24-37(38-10-9-11-39-42(38)49-45(48)53(39)5)41(44-50-52-56(51-44)29-33-16-22-36(65-8)23-17-33)43(40)67(61,62)54(27-31-12-18-34(63-6)19-13-31)28-32-14-20-35(64-7)21-15-32/h9-25,30H,26-29H2,1-8H3,(H2,48,49)(H,57,58)/t30-/m1/s1. The van der Waals surface area contributed by atoms with Crippen molar-refractivity contribution in [2.45, 2.75) is 67.9 Å². The van der Waals surface area contributed by atoms with Crippen LogP contribution in [0.3, 0.4) is 0 Å². The topological polar surface area (TPSA) is 227 Å². The number of carboxylic acid groups (broad SMARTS) is 1. The molecular weight excluding hydrogens is 899 g/mol. The molecule has 0 aliphatic carbocycles. The molecule has 1 amide bonds. The lowest BCUT2D eigenvalue weighted by Crippen LogP contribution is -2.49. The number of tetrazole rings is 1. The summed E-state index contributed by atoms with van der Waals surface area (Å²) in [6, 6.07) is 28.9. The maximum atomic E-state index is 16.2. The number of carbonyl (C=O) groups is 1. The number of fused-ring (bicyclic) bond motifs is 1. The van der Waals surface area contributed by atoms with Crippen molar-refractivity contribution in [1.82, 2.24) is 39.0 Å². The Hall–Kier alpha value is -7.03. The molecule has 0 aliphatic heterocycles. The normalized spacial score (nSPS) is 12.6. The lowest BCUT2D eigenvalue weighted by Gasteiger charge is -2.35. The number of benzene rings is 5. The van der Waals surface area contributed by atoms with Crippen molar-refractivity contribution in [2.75, 3.05) is 33.6 Å². The smallest absolute Gasteiger partial charge is 0.407 e. The van der Waals surface area contributed by atoms with Crippen molar-refractivity contribution in [1.29, 1.82) is 0 Å². The molecule has 0 spiro atoms. The van der Waals surface area contributed by atoms with E-state index in [0.717, 1.165) is 10.5 Å².